The van der Waals surface area contributed by atoms with Crippen LogP contribution >= 0.6 is 0 Å². The Morgan fingerprint density at radius 1 is 0.977 bits per heavy atom. The van der Waals surface area contributed by atoms with E-state index >= 15 is 0 Å². The lowest BCUT2D eigenvalue weighted by Gasteiger charge is -2.65. The summed E-state index contributed by atoms with van der Waals surface area (Å²) in [5.41, 5.74) is -5.22. The first kappa shape index (κ1) is 32.2. The maximum atomic E-state index is 13.4. The van der Waals surface area contributed by atoms with E-state index in [9.17, 15) is 19.5 Å². The Bertz CT molecular complexity index is 1350. The monoisotopic (exact) mass is 612 g/mol. The van der Waals surface area contributed by atoms with Gasteiger partial charge in [0, 0.05) is 19.3 Å². The van der Waals surface area contributed by atoms with Crippen LogP contribution < -0.4 is 0 Å². The highest BCUT2D eigenvalue weighted by atomic mass is 16.6. The minimum Gasteiger partial charge on any atom is -0.458 e. The number of fused-ring (bicyclic) bond motifs is 1. The van der Waals surface area contributed by atoms with Gasteiger partial charge in [-0.2, -0.15) is 0 Å². The molecule has 240 valence electrons. The molecule has 10 heteroatoms. The van der Waals surface area contributed by atoms with Gasteiger partial charge in [0.1, 0.15) is 17.8 Å². The number of carbonyl (C=O) groups excluding carboxylic acids is 3. The van der Waals surface area contributed by atoms with E-state index in [2.05, 4.69) is 6.92 Å². The van der Waals surface area contributed by atoms with Crippen molar-refractivity contribution in [2.45, 2.75) is 121 Å². The van der Waals surface area contributed by atoms with Crippen molar-refractivity contribution in [1.82, 2.24) is 0 Å². The molecule has 1 spiro atoms. The summed E-state index contributed by atoms with van der Waals surface area (Å²) in [6.45, 7) is 12.6. The van der Waals surface area contributed by atoms with E-state index in [1.54, 1.807) is 50.2 Å². The Morgan fingerprint density at radius 3 is 2.30 bits per heavy atom. The molecule has 1 aromatic heterocycles. The van der Waals surface area contributed by atoms with Gasteiger partial charge in [-0.05, 0) is 71.7 Å². The highest BCUT2D eigenvalue weighted by Crippen LogP contribution is 2.69. The van der Waals surface area contributed by atoms with E-state index in [4.69, 9.17) is 28.1 Å². The second-order valence-electron chi connectivity index (χ2n) is 13.4. The van der Waals surface area contributed by atoms with Crippen LogP contribution in [0.15, 0.2) is 53.1 Å². The molecule has 9 atom stereocenters. The van der Waals surface area contributed by atoms with Crippen LogP contribution in [-0.4, -0.2) is 70.3 Å². The molecule has 2 saturated carbocycles. The number of carbonyl (C=O) groups is 3. The fourth-order valence-electron chi connectivity index (χ4n) is 8.09. The molecule has 3 aliphatic rings. The molecule has 3 unspecified atom stereocenters. The second kappa shape index (κ2) is 11.6. The predicted octanol–water partition coefficient (Wildman–Crippen LogP) is 5.26. The minimum atomic E-state index is -1.70. The van der Waals surface area contributed by atoms with Crippen LogP contribution in [0, 0.1) is 11.3 Å². The summed E-state index contributed by atoms with van der Waals surface area (Å²) in [4.78, 5) is 39.6. The first-order chi connectivity index (χ1) is 20.7. The minimum absolute atomic E-state index is 0.00350. The highest BCUT2D eigenvalue weighted by Gasteiger charge is 2.83. The number of ether oxygens (including phenoxy) is 5. The van der Waals surface area contributed by atoms with Crippen LogP contribution in [0.1, 0.15) is 95.1 Å². The molecule has 2 aromatic rings. The Hall–Kier alpha value is -3.21. The maximum absolute atomic E-state index is 13.4. The van der Waals surface area contributed by atoms with E-state index in [1.165, 1.54) is 19.3 Å². The summed E-state index contributed by atoms with van der Waals surface area (Å²) >= 11 is 0. The van der Waals surface area contributed by atoms with Gasteiger partial charge in [0.2, 0.25) is 5.76 Å². The fourth-order valence-corrected chi connectivity index (χ4v) is 8.09. The summed E-state index contributed by atoms with van der Waals surface area (Å²) in [5.74, 6) is -2.28. The third-order valence-electron chi connectivity index (χ3n) is 9.95. The van der Waals surface area contributed by atoms with Gasteiger partial charge in [0.05, 0.1) is 40.7 Å². The van der Waals surface area contributed by atoms with Gasteiger partial charge in [-0.3, -0.25) is 4.79 Å². The quantitative estimate of drug-likeness (QED) is 0.295. The van der Waals surface area contributed by atoms with Gasteiger partial charge in [-0.1, -0.05) is 31.5 Å². The van der Waals surface area contributed by atoms with Crippen molar-refractivity contribution < 1.29 is 47.6 Å². The molecule has 1 N–H and O–H groups in total. The van der Waals surface area contributed by atoms with Crippen molar-refractivity contribution in [2.75, 3.05) is 0 Å². The zero-order valence-corrected chi connectivity index (χ0v) is 26.5. The van der Waals surface area contributed by atoms with Gasteiger partial charge < -0.3 is 33.2 Å². The zero-order valence-electron chi connectivity index (χ0n) is 26.5. The molecule has 44 heavy (non-hydrogen) atoms. The summed E-state index contributed by atoms with van der Waals surface area (Å²) in [6, 6.07) is 11.5. The number of rotatable bonds is 9. The van der Waals surface area contributed by atoms with E-state index in [0.717, 1.165) is 12.8 Å². The van der Waals surface area contributed by atoms with Gasteiger partial charge in [-0.15, -0.1) is 0 Å². The number of aliphatic hydroxyl groups is 1. The number of hydrogen-bond donors (Lipinski definition) is 1. The van der Waals surface area contributed by atoms with Gasteiger partial charge in [-0.25, -0.2) is 9.59 Å². The molecule has 5 rings (SSSR count). The van der Waals surface area contributed by atoms with Crippen molar-refractivity contribution in [3.05, 3.63) is 60.1 Å². The van der Waals surface area contributed by atoms with E-state index < -0.39 is 64.5 Å². The normalized spacial score (nSPS) is 36.1. The SMILES string of the molecule is CCCC(C)O[C@@H]1C2C[C@H](OC(=O)c3ccco3)[C@]3(C)[C@@H](OC(C)=O)[C@@H](OC(=O)c4ccccc4)C[C@](C)(O)C13OC2(C)C. The molecule has 0 amide bonds. The Labute approximate surface area is 258 Å². The van der Waals surface area contributed by atoms with Gasteiger partial charge in [0.15, 0.2) is 6.10 Å². The first-order valence-corrected chi connectivity index (χ1v) is 15.4. The molecule has 2 heterocycles. The molecular weight excluding hydrogens is 568 g/mol. The molecule has 3 fully saturated rings. The molecule has 1 saturated heterocycles. The third kappa shape index (κ3) is 5.14. The molecule has 0 radical (unpaired) electrons. The maximum Gasteiger partial charge on any atom is 0.374 e. The predicted molar refractivity (Wildman–Crippen MR) is 158 cm³/mol. The zero-order chi connectivity index (χ0) is 32.1. The number of furan rings is 1. The van der Waals surface area contributed by atoms with Crippen LogP contribution in [0.3, 0.4) is 0 Å². The molecule has 2 bridgehead atoms. The first-order valence-electron chi connectivity index (χ1n) is 15.4. The topological polar surface area (TPSA) is 131 Å². The summed E-state index contributed by atoms with van der Waals surface area (Å²) in [6.07, 6.45) is -0.891. The Balaban J connectivity index is 1.68. The number of benzene rings is 1. The van der Waals surface area contributed by atoms with Crippen molar-refractivity contribution in [1.29, 1.82) is 0 Å². The molecule has 10 nitrogen and oxygen atoms in total. The lowest BCUT2D eigenvalue weighted by Crippen LogP contribution is -2.81. The van der Waals surface area contributed by atoms with Gasteiger partial charge in [0.25, 0.3) is 0 Å². The van der Waals surface area contributed by atoms with E-state index in [0.29, 0.717) is 5.56 Å². The van der Waals surface area contributed by atoms with Crippen LogP contribution in [0.2, 0.25) is 0 Å². The van der Waals surface area contributed by atoms with Crippen molar-refractivity contribution in [2.24, 2.45) is 11.3 Å². The lowest BCUT2D eigenvalue weighted by molar-refractivity contribution is -0.349. The largest absolute Gasteiger partial charge is 0.458 e. The third-order valence-corrected chi connectivity index (χ3v) is 9.95. The summed E-state index contributed by atoms with van der Waals surface area (Å²) < 4.78 is 37.4. The second-order valence-corrected chi connectivity index (χ2v) is 13.4. The molecule has 1 aromatic carbocycles. The lowest BCUT2D eigenvalue weighted by atomic mass is 9.47. The average Bonchev–Trinajstić information content (AvgIpc) is 3.55. The smallest absolute Gasteiger partial charge is 0.374 e. The number of hydrogen-bond acceptors (Lipinski definition) is 10. The number of esters is 3. The Kier molecular flexibility index (Phi) is 8.50. The highest BCUT2D eigenvalue weighted by molar-refractivity contribution is 5.89. The fraction of sp³-hybridized carbons (Fsp3) is 0.618. The molecular formula is C34H44O10. The summed E-state index contributed by atoms with van der Waals surface area (Å²) in [7, 11) is 0. The molecule has 1 aliphatic heterocycles. The standard InChI is InChI=1S/C34H44O10/c1-8-13-20(2)40-27-23-18-26(43-30(37)24-16-12-17-39-24)33(7)28(41-21(3)35)25(42-29(36)22-14-10-9-11-15-22)19-32(6,38)34(27,33)44-31(23,4)5/h9-12,14-17,20,23,25-28,38H,8,13,18-19H2,1-7H3/t20?,23?,25-,26-,27+,28-,32-,33+,34?/m0/s1. The Morgan fingerprint density at radius 2 is 1.68 bits per heavy atom. The van der Waals surface area contributed by atoms with Crippen molar-refractivity contribution in [3.63, 3.8) is 0 Å². The van der Waals surface area contributed by atoms with Gasteiger partial charge >= 0.3 is 17.9 Å². The van der Waals surface area contributed by atoms with Crippen LogP contribution in [-0.2, 0) is 28.5 Å². The van der Waals surface area contributed by atoms with E-state index in [1.807, 2.05) is 20.8 Å². The summed E-state index contributed by atoms with van der Waals surface area (Å²) in [5, 5.41) is 12.6. The van der Waals surface area contributed by atoms with E-state index in [-0.39, 0.29) is 30.6 Å². The van der Waals surface area contributed by atoms with Crippen molar-refractivity contribution in [3.8, 4) is 0 Å². The van der Waals surface area contributed by atoms with Crippen molar-refractivity contribution >= 4 is 17.9 Å². The van der Waals surface area contributed by atoms with Crippen LogP contribution in [0.25, 0.3) is 0 Å². The average molecular weight is 613 g/mol. The van der Waals surface area contributed by atoms with Crippen LogP contribution in [0.4, 0.5) is 0 Å². The molecule has 2 aliphatic carbocycles. The van der Waals surface area contributed by atoms with Crippen LogP contribution in [0.5, 0.6) is 0 Å².